The molecule has 0 bridgehead atoms. The molecule has 0 radical (unpaired) electrons. The van der Waals surface area contributed by atoms with Crippen molar-refractivity contribution in [1.82, 2.24) is 0 Å². The summed E-state index contributed by atoms with van der Waals surface area (Å²) in [6, 6.07) is 17.0. The first kappa shape index (κ1) is 23.3. The maximum absolute atomic E-state index is 13.1. The molecule has 0 saturated heterocycles. The number of nitrogens with one attached hydrogen (secondary N) is 1. The largest absolute Gasteiger partial charge is 0.416 e. The summed E-state index contributed by atoms with van der Waals surface area (Å²) in [5.41, 5.74) is 0.0265. The van der Waals surface area contributed by atoms with E-state index in [0.717, 1.165) is 12.1 Å². The van der Waals surface area contributed by atoms with Crippen molar-refractivity contribution < 1.29 is 26.4 Å². The standard InChI is InChI=1S/C23H21F3N2O3S/c1-28(2)21-12-11-18(23(24,25)26)14-20(21)27-22(29)17-8-6-7-16(13-17)15-32(30,31)19-9-4-3-5-10-19/h3-14H,15H2,1-2H3,(H,27,29). The summed E-state index contributed by atoms with van der Waals surface area (Å²) in [7, 11) is -0.326. The van der Waals surface area contributed by atoms with Crippen LogP contribution >= 0.6 is 0 Å². The minimum absolute atomic E-state index is 0.00265. The molecule has 0 unspecified atom stereocenters. The van der Waals surface area contributed by atoms with Gasteiger partial charge in [-0.3, -0.25) is 4.79 Å². The molecule has 5 nitrogen and oxygen atoms in total. The van der Waals surface area contributed by atoms with Gasteiger partial charge in [-0.15, -0.1) is 0 Å². The van der Waals surface area contributed by atoms with Crippen molar-refractivity contribution in [1.29, 1.82) is 0 Å². The molecule has 3 aromatic rings. The van der Waals surface area contributed by atoms with Gasteiger partial charge in [-0.05, 0) is 48.0 Å². The van der Waals surface area contributed by atoms with E-state index in [-0.39, 0.29) is 21.9 Å². The number of anilines is 2. The van der Waals surface area contributed by atoms with E-state index in [1.165, 1.54) is 36.4 Å². The molecule has 0 fully saturated rings. The number of alkyl halides is 3. The first-order valence-corrected chi connectivity index (χ1v) is 11.2. The molecule has 3 rings (SSSR count). The molecule has 0 aliphatic carbocycles. The number of hydrogen-bond donors (Lipinski definition) is 1. The third-order valence-corrected chi connectivity index (χ3v) is 6.41. The minimum Gasteiger partial charge on any atom is -0.376 e. The van der Waals surface area contributed by atoms with E-state index in [2.05, 4.69) is 5.32 Å². The molecule has 0 atom stereocenters. The molecule has 0 saturated carbocycles. The summed E-state index contributed by atoms with van der Waals surface area (Å²) in [5, 5.41) is 2.51. The van der Waals surface area contributed by atoms with Crippen LogP contribution < -0.4 is 10.2 Å². The number of rotatable bonds is 6. The molecule has 1 amide bonds. The Morgan fingerprint density at radius 1 is 0.938 bits per heavy atom. The maximum atomic E-state index is 13.1. The highest BCUT2D eigenvalue weighted by Crippen LogP contribution is 2.35. The van der Waals surface area contributed by atoms with E-state index >= 15 is 0 Å². The van der Waals surface area contributed by atoms with Gasteiger partial charge in [0.25, 0.3) is 5.91 Å². The molecular weight excluding hydrogens is 441 g/mol. The van der Waals surface area contributed by atoms with Crippen LogP contribution in [0.3, 0.4) is 0 Å². The van der Waals surface area contributed by atoms with Gasteiger partial charge in [-0.2, -0.15) is 13.2 Å². The van der Waals surface area contributed by atoms with Crippen molar-refractivity contribution in [3.05, 3.63) is 89.5 Å². The Balaban J connectivity index is 1.87. The smallest absolute Gasteiger partial charge is 0.376 e. The molecule has 0 aliphatic rings. The lowest BCUT2D eigenvalue weighted by atomic mass is 10.1. The Labute approximate surface area is 184 Å². The van der Waals surface area contributed by atoms with Gasteiger partial charge in [-0.1, -0.05) is 30.3 Å². The van der Waals surface area contributed by atoms with E-state index in [1.54, 1.807) is 43.3 Å². The van der Waals surface area contributed by atoms with Gasteiger partial charge in [0.15, 0.2) is 9.84 Å². The van der Waals surface area contributed by atoms with E-state index in [9.17, 15) is 26.4 Å². The molecule has 32 heavy (non-hydrogen) atoms. The highest BCUT2D eigenvalue weighted by atomic mass is 32.2. The number of nitrogens with zero attached hydrogens (tertiary/aromatic N) is 1. The van der Waals surface area contributed by atoms with Crippen LogP contribution in [-0.4, -0.2) is 28.4 Å². The summed E-state index contributed by atoms with van der Waals surface area (Å²) < 4.78 is 64.6. The summed E-state index contributed by atoms with van der Waals surface area (Å²) in [6.07, 6.45) is -4.56. The average Bonchev–Trinajstić information content (AvgIpc) is 2.73. The molecule has 0 spiro atoms. The Hall–Kier alpha value is -3.33. The van der Waals surface area contributed by atoms with Gasteiger partial charge >= 0.3 is 6.18 Å². The van der Waals surface area contributed by atoms with E-state index in [4.69, 9.17) is 0 Å². The van der Waals surface area contributed by atoms with Crippen molar-refractivity contribution in [3.8, 4) is 0 Å². The predicted octanol–water partition coefficient (Wildman–Crippen LogP) is 5.00. The highest BCUT2D eigenvalue weighted by Gasteiger charge is 2.31. The zero-order chi connectivity index (χ0) is 23.5. The van der Waals surface area contributed by atoms with Crippen molar-refractivity contribution in [2.45, 2.75) is 16.8 Å². The Morgan fingerprint density at radius 2 is 1.62 bits per heavy atom. The number of benzene rings is 3. The molecule has 0 heterocycles. The van der Waals surface area contributed by atoms with Gasteiger partial charge in [0.1, 0.15) is 0 Å². The lowest BCUT2D eigenvalue weighted by Crippen LogP contribution is -2.18. The van der Waals surface area contributed by atoms with Gasteiger partial charge in [0, 0.05) is 19.7 Å². The molecule has 1 N–H and O–H groups in total. The topological polar surface area (TPSA) is 66.5 Å². The second-order valence-electron chi connectivity index (χ2n) is 7.35. The third-order valence-electron chi connectivity index (χ3n) is 4.70. The molecule has 168 valence electrons. The number of hydrogen-bond acceptors (Lipinski definition) is 4. The van der Waals surface area contributed by atoms with Gasteiger partial charge in [0.2, 0.25) is 0 Å². The van der Waals surface area contributed by atoms with E-state index in [0.29, 0.717) is 11.3 Å². The summed E-state index contributed by atoms with van der Waals surface area (Å²) in [4.78, 5) is 14.5. The normalized spacial score (nSPS) is 11.8. The van der Waals surface area contributed by atoms with Crippen LogP contribution in [0.1, 0.15) is 21.5 Å². The SMILES string of the molecule is CN(C)c1ccc(C(F)(F)F)cc1NC(=O)c1cccc(CS(=O)(=O)c2ccccc2)c1. The second kappa shape index (κ2) is 9.04. The Bertz CT molecular complexity index is 1220. The number of sulfone groups is 1. The fraction of sp³-hybridized carbons (Fsp3) is 0.174. The minimum atomic E-state index is -4.56. The van der Waals surface area contributed by atoms with Crippen LogP contribution in [0.4, 0.5) is 24.5 Å². The fourth-order valence-corrected chi connectivity index (χ4v) is 4.49. The first-order valence-electron chi connectivity index (χ1n) is 9.54. The fourth-order valence-electron chi connectivity index (χ4n) is 3.13. The van der Waals surface area contributed by atoms with Crippen molar-refractivity contribution in [3.63, 3.8) is 0 Å². The first-order chi connectivity index (χ1) is 15.0. The zero-order valence-corrected chi connectivity index (χ0v) is 18.2. The monoisotopic (exact) mass is 462 g/mol. The third kappa shape index (κ3) is 5.47. The van der Waals surface area contributed by atoms with Crippen molar-refractivity contribution in [2.75, 3.05) is 24.3 Å². The van der Waals surface area contributed by atoms with Crippen LogP contribution in [0.2, 0.25) is 0 Å². The summed E-state index contributed by atoms with van der Waals surface area (Å²) in [6.45, 7) is 0. The highest BCUT2D eigenvalue weighted by molar-refractivity contribution is 7.90. The van der Waals surface area contributed by atoms with E-state index < -0.39 is 27.5 Å². The lowest BCUT2D eigenvalue weighted by Gasteiger charge is -2.20. The number of carbonyl (C=O) groups is 1. The quantitative estimate of drug-likeness (QED) is 0.560. The second-order valence-corrected chi connectivity index (χ2v) is 9.34. The number of halogens is 3. The Morgan fingerprint density at radius 3 is 2.25 bits per heavy atom. The lowest BCUT2D eigenvalue weighted by molar-refractivity contribution is -0.137. The van der Waals surface area contributed by atoms with Crippen molar-refractivity contribution in [2.24, 2.45) is 0 Å². The summed E-state index contributed by atoms with van der Waals surface area (Å²) in [5.74, 6) is -0.962. The molecule has 9 heteroatoms. The molecule has 0 aromatic heterocycles. The number of carbonyl (C=O) groups excluding carboxylic acids is 1. The van der Waals surface area contributed by atoms with Crippen LogP contribution in [0, 0.1) is 0 Å². The summed E-state index contributed by atoms with van der Waals surface area (Å²) >= 11 is 0. The van der Waals surface area contributed by atoms with Crippen LogP contribution in [-0.2, 0) is 21.8 Å². The molecule has 3 aromatic carbocycles. The van der Waals surface area contributed by atoms with Crippen molar-refractivity contribution >= 4 is 27.1 Å². The molecule has 0 aliphatic heterocycles. The predicted molar refractivity (Wildman–Crippen MR) is 117 cm³/mol. The van der Waals surface area contributed by atoms with Crippen LogP contribution in [0.5, 0.6) is 0 Å². The number of amides is 1. The van der Waals surface area contributed by atoms with Crippen LogP contribution in [0.15, 0.2) is 77.7 Å². The maximum Gasteiger partial charge on any atom is 0.416 e. The zero-order valence-electron chi connectivity index (χ0n) is 17.3. The van der Waals surface area contributed by atoms with E-state index in [1.807, 2.05) is 0 Å². The van der Waals surface area contributed by atoms with Gasteiger partial charge in [-0.25, -0.2) is 8.42 Å². The van der Waals surface area contributed by atoms with Gasteiger partial charge < -0.3 is 10.2 Å². The Kier molecular flexibility index (Phi) is 6.59. The average molecular weight is 462 g/mol. The van der Waals surface area contributed by atoms with Gasteiger partial charge in [0.05, 0.1) is 27.6 Å². The van der Waals surface area contributed by atoms with Crippen LogP contribution in [0.25, 0.3) is 0 Å². The molecular formula is C23H21F3N2O3S.